The van der Waals surface area contributed by atoms with Crippen LogP contribution < -0.4 is 5.32 Å². The first-order chi connectivity index (χ1) is 8.29. The van der Waals surface area contributed by atoms with E-state index < -0.39 is 30.6 Å². The number of alkyl halides is 3. The van der Waals surface area contributed by atoms with Gasteiger partial charge in [-0.1, -0.05) is 5.16 Å². The van der Waals surface area contributed by atoms with Gasteiger partial charge in [-0.05, 0) is 6.42 Å². The molecule has 1 aliphatic heterocycles. The number of carbonyl (C=O) groups is 2. The number of nitrogens with zero attached hydrogens (tertiary/aromatic N) is 1. The van der Waals surface area contributed by atoms with Crippen molar-refractivity contribution in [1.29, 1.82) is 0 Å². The highest BCUT2D eigenvalue weighted by atomic mass is 19.4. The maximum absolute atomic E-state index is 11.8. The van der Waals surface area contributed by atoms with Crippen molar-refractivity contribution in [3.63, 3.8) is 0 Å². The van der Waals surface area contributed by atoms with E-state index in [0.717, 1.165) is 0 Å². The zero-order valence-corrected chi connectivity index (χ0v) is 9.16. The lowest BCUT2D eigenvalue weighted by molar-refractivity contribution is -0.137. The summed E-state index contributed by atoms with van der Waals surface area (Å²) >= 11 is 0. The van der Waals surface area contributed by atoms with Crippen molar-refractivity contribution in [3.05, 3.63) is 0 Å². The molecular formula is C9H11F3N2O4. The summed E-state index contributed by atoms with van der Waals surface area (Å²) in [5.41, 5.74) is -0.287. The van der Waals surface area contributed by atoms with Crippen LogP contribution in [0.3, 0.4) is 0 Å². The molecule has 1 heterocycles. The molecule has 0 bridgehead atoms. The van der Waals surface area contributed by atoms with Gasteiger partial charge in [0.05, 0.1) is 0 Å². The highest BCUT2D eigenvalue weighted by Crippen LogP contribution is 2.20. The van der Waals surface area contributed by atoms with Gasteiger partial charge in [-0.25, -0.2) is 4.79 Å². The Hall–Kier alpha value is -1.80. The first-order valence-corrected chi connectivity index (χ1v) is 5.10. The van der Waals surface area contributed by atoms with Crippen molar-refractivity contribution >= 4 is 17.6 Å². The normalized spacial score (nSPS) is 19.1. The summed E-state index contributed by atoms with van der Waals surface area (Å²) in [5.74, 6) is -1.96. The molecule has 0 aromatic rings. The third-order valence-electron chi connectivity index (χ3n) is 2.14. The molecule has 18 heavy (non-hydrogen) atoms. The molecule has 6 nitrogen and oxygen atoms in total. The fraction of sp³-hybridized carbons (Fsp3) is 0.667. The Kier molecular flexibility index (Phi) is 4.51. The molecule has 0 fully saturated rings. The Morgan fingerprint density at radius 1 is 1.50 bits per heavy atom. The number of carboxylic acids is 1. The second kappa shape index (κ2) is 5.69. The summed E-state index contributed by atoms with van der Waals surface area (Å²) < 4.78 is 35.4. The molecule has 0 radical (unpaired) electrons. The average molecular weight is 268 g/mol. The van der Waals surface area contributed by atoms with Crippen LogP contribution in [0.5, 0.6) is 0 Å². The number of halogens is 3. The lowest BCUT2D eigenvalue weighted by atomic mass is 10.1. The Morgan fingerprint density at radius 3 is 2.67 bits per heavy atom. The Balaban J connectivity index is 2.22. The van der Waals surface area contributed by atoms with Crippen LogP contribution in [0.4, 0.5) is 13.2 Å². The molecule has 102 valence electrons. The van der Waals surface area contributed by atoms with E-state index in [0.29, 0.717) is 0 Å². The van der Waals surface area contributed by atoms with Crippen molar-refractivity contribution in [1.82, 2.24) is 5.32 Å². The number of hydrogen-bond acceptors (Lipinski definition) is 4. The van der Waals surface area contributed by atoms with Gasteiger partial charge >= 0.3 is 12.1 Å². The minimum absolute atomic E-state index is 0.152. The molecule has 1 rings (SSSR count). The topological polar surface area (TPSA) is 88.0 Å². The number of carboxylic acid groups (broad SMARTS) is 1. The third-order valence-corrected chi connectivity index (χ3v) is 2.14. The van der Waals surface area contributed by atoms with Gasteiger partial charge in [0.15, 0.2) is 5.71 Å². The first kappa shape index (κ1) is 14.3. The van der Waals surface area contributed by atoms with Crippen LogP contribution in [0.25, 0.3) is 0 Å². The van der Waals surface area contributed by atoms with E-state index in [1.165, 1.54) is 0 Å². The molecule has 0 saturated carbocycles. The second-order valence-electron chi connectivity index (χ2n) is 3.65. The minimum atomic E-state index is -4.26. The number of oxime groups is 1. The van der Waals surface area contributed by atoms with E-state index in [4.69, 9.17) is 5.11 Å². The number of amides is 1. The fourth-order valence-electron chi connectivity index (χ4n) is 1.26. The molecular weight excluding hydrogens is 257 g/mol. The van der Waals surface area contributed by atoms with E-state index in [-0.39, 0.29) is 25.1 Å². The van der Waals surface area contributed by atoms with Gasteiger partial charge in [0, 0.05) is 19.4 Å². The van der Waals surface area contributed by atoms with Crippen LogP contribution >= 0.6 is 0 Å². The van der Waals surface area contributed by atoms with Crippen molar-refractivity contribution in [2.45, 2.75) is 31.5 Å². The van der Waals surface area contributed by atoms with Crippen LogP contribution in [-0.4, -0.2) is 41.5 Å². The van der Waals surface area contributed by atoms with Crippen LogP contribution in [0, 0.1) is 0 Å². The van der Waals surface area contributed by atoms with Gasteiger partial charge in [-0.15, -0.1) is 0 Å². The SMILES string of the molecule is O=C(O)C1=NOC(C(=O)NCCCC(F)(F)F)C1. The fourth-order valence-corrected chi connectivity index (χ4v) is 1.26. The molecule has 0 aromatic heterocycles. The summed E-state index contributed by atoms with van der Waals surface area (Å²) in [5, 5.41) is 14.0. The van der Waals surface area contributed by atoms with E-state index in [1.807, 2.05) is 0 Å². The first-order valence-electron chi connectivity index (χ1n) is 5.10. The number of carbonyl (C=O) groups excluding carboxylic acids is 1. The molecule has 1 atom stereocenters. The van der Waals surface area contributed by atoms with Gasteiger partial charge in [0.2, 0.25) is 6.10 Å². The third kappa shape index (κ3) is 4.60. The standard InChI is InChI=1S/C9H11F3N2O4/c10-9(11,12)2-1-3-13-7(15)6-4-5(8(16)17)14-18-6/h6H,1-4H2,(H,13,15)(H,16,17). The second-order valence-corrected chi connectivity index (χ2v) is 3.65. The molecule has 0 spiro atoms. The van der Waals surface area contributed by atoms with Crippen molar-refractivity contribution in [2.24, 2.45) is 5.16 Å². The predicted molar refractivity (Wildman–Crippen MR) is 52.9 cm³/mol. The molecule has 0 aliphatic carbocycles. The molecule has 0 aromatic carbocycles. The maximum atomic E-state index is 11.8. The van der Waals surface area contributed by atoms with Crippen LogP contribution in [0.15, 0.2) is 5.16 Å². The average Bonchev–Trinajstić information content (AvgIpc) is 2.72. The summed E-state index contributed by atoms with van der Waals surface area (Å²) in [6.45, 7) is -0.152. The molecule has 1 unspecified atom stereocenters. The Bertz CT molecular complexity index is 367. The lowest BCUT2D eigenvalue weighted by Gasteiger charge is -2.10. The Morgan fingerprint density at radius 2 is 2.17 bits per heavy atom. The van der Waals surface area contributed by atoms with Crippen molar-refractivity contribution < 1.29 is 32.7 Å². The number of hydrogen-bond donors (Lipinski definition) is 2. The monoisotopic (exact) mass is 268 g/mol. The van der Waals surface area contributed by atoms with Crippen LogP contribution in [0.1, 0.15) is 19.3 Å². The summed E-state index contributed by atoms with van der Waals surface area (Å²) in [6, 6.07) is 0. The number of aliphatic carboxylic acids is 1. The summed E-state index contributed by atoms with van der Waals surface area (Å²) in [6.07, 6.45) is -6.76. The highest BCUT2D eigenvalue weighted by molar-refractivity contribution is 6.36. The lowest BCUT2D eigenvalue weighted by Crippen LogP contribution is -2.36. The van der Waals surface area contributed by atoms with Crippen molar-refractivity contribution in [2.75, 3.05) is 6.54 Å². The van der Waals surface area contributed by atoms with Gasteiger partial charge in [-0.3, -0.25) is 4.79 Å². The minimum Gasteiger partial charge on any atom is -0.477 e. The van der Waals surface area contributed by atoms with E-state index in [1.54, 1.807) is 0 Å². The van der Waals surface area contributed by atoms with Gasteiger partial charge in [-0.2, -0.15) is 13.2 Å². The predicted octanol–water partition coefficient (Wildman–Crippen LogP) is 0.675. The molecule has 1 amide bonds. The van der Waals surface area contributed by atoms with Crippen molar-refractivity contribution in [3.8, 4) is 0 Å². The molecule has 1 aliphatic rings. The zero-order valence-electron chi connectivity index (χ0n) is 9.16. The summed E-state index contributed by atoms with van der Waals surface area (Å²) in [4.78, 5) is 26.4. The maximum Gasteiger partial charge on any atom is 0.389 e. The number of nitrogens with one attached hydrogen (secondary N) is 1. The van der Waals surface area contributed by atoms with E-state index in [9.17, 15) is 22.8 Å². The smallest absolute Gasteiger partial charge is 0.389 e. The number of rotatable bonds is 5. The largest absolute Gasteiger partial charge is 0.477 e. The van der Waals surface area contributed by atoms with E-state index in [2.05, 4.69) is 15.3 Å². The van der Waals surface area contributed by atoms with Gasteiger partial charge in [0.25, 0.3) is 5.91 Å². The molecule has 0 saturated heterocycles. The van der Waals surface area contributed by atoms with Crippen LogP contribution in [-0.2, 0) is 14.4 Å². The Labute approximate surface area is 99.8 Å². The molecule has 2 N–H and O–H groups in total. The van der Waals surface area contributed by atoms with Gasteiger partial charge < -0.3 is 15.3 Å². The highest BCUT2D eigenvalue weighted by Gasteiger charge is 2.31. The molecule has 9 heteroatoms. The van der Waals surface area contributed by atoms with Crippen LogP contribution in [0.2, 0.25) is 0 Å². The zero-order chi connectivity index (χ0) is 13.8. The van der Waals surface area contributed by atoms with E-state index >= 15 is 0 Å². The quantitative estimate of drug-likeness (QED) is 0.717. The van der Waals surface area contributed by atoms with Gasteiger partial charge in [0.1, 0.15) is 0 Å². The summed E-state index contributed by atoms with van der Waals surface area (Å²) in [7, 11) is 0.